The van der Waals surface area contributed by atoms with Crippen molar-refractivity contribution in [2.24, 2.45) is 0 Å². The molecule has 0 spiro atoms. The number of halogens is 1. The van der Waals surface area contributed by atoms with Gasteiger partial charge in [-0.05, 0) is 54.3 Å². The molecule has 0 atom stereocenters. The molecule has 0 radical (unpaired) electrons. The topological polar surface area (TPSA) is 21.3 Å². The first-order valence-corrected chi connectivity index (χ1v) is 7.76. The Bertz CT molecular complexity index is 624. The average Bonchev–Trinajstić information content (AvgIpc) is 2.89. The molecule has 0 fully saturated rings. The van der Waals surface area contributed by atoms with Gasteiger partial charge in [0.1, 0.15) is 5.75 Å². The van der Waals surface area contributed by atoms with Crippen LogP contribution in [0, 0.1) is 6.92 Å². The Labute approximate surface area is 128 Å². The number of benzene rings is 2. The summed E-state index contributed by atoms with van der Waals surface area (Å²) in [5.74, 6) is 1.06. The van der Waals surface area contributed by atoms with Gasteiger partial charge in [0.05, 0.1) is 6.61 Å². The molecule has 2 nitrogen and oxygen atoms in total. The van der Waals surface area contributed by atoms with Crippen LogP contribution in [0.25, 0.3) is 0 Å². The van der Waals surface area contributed by atoms with E-state index < -0.39 is 0 Å². The van der Waals surface area contributed by atoms with Gasteiger partial charge in [-0.2, -0.15) is 0 Å². The van der Waals surface area contributed by atoms with Crippen LogP contribution in [-0.4, -0.2) is 13.2 Å². The SMILES string of the molecule is Cc1cc(Br)ccc1NCCc1ccc2c(c1)CCO2. The molecule has 1 heterocycles. The highest BCUT2D eigenvalue weighted by molar-refractivity contribution is 9.10. The van der Waals surface area contributed by atoms with Crippen LogP contribution >= 0.6 is 15.9 Å². The zero-order valence-electron chi connectivity index (χ0n) is 11.6. The average molecular weight is 332 g/mol. The third kappa shape index (κ3) is 2.98. The minimum atomic E-state index is 0.828. The molecule has 0 aliphatic carbocycles. The highest BCUT2D eigenvalue weighted by Crippen LogP contribution is 2.26. The van der Waals surface area contributed by atoms with E-state index in [9.17, 15) is 0 Å². The predicted molar refractivity (Wildman–Crippen MR) is 86.7 cm³/mol. The number of rotatable bonds is 4. The van der Waals surface area contributed by atoms with E-state index in [1.165, 1.54) is 22.4 Å². The largest absolute Gasteiger partial charge is 0.493 e. The molecule has 1 N–H and O–H groups in total. The van der Waals surface area contributed by atoms with Crippen molar-refractivity contribution in [3.63, 3.8) is 0 Å². The summed E-state index contributed by atoms with van der Waals surface area (Å²) in [5.41, 5.74) is 5.19. The second-order valence-corrected chi connectivity index (χ2v) is 6.09. The van der Waals surface area contributed by atoms with Gasteiger partial charge < -0.3 is 10.1 Å². The van der Waals surface area contributed by atoms with Crippen LogP contribution in [0.15, 0.2) is 40.9 Å². The zero-order valence-corrected chi connectivity index (χ0v) is 13.2. The number of fused-ring (bicyclic) bond motifs is 1. The van der Waals surface area contributed by atoms with Crippen LogP contribution < -0.4 is 10.1 Å². The van der Waals surface area contributed by atoms with E-state index in [1.807, 2.05) is 0 Å². The van der Waals surface area contributed by atoms with Crippen LogP contribution in [0.3, 0.4) is 0 Å². The molecule has 3 rings (SSSR count). The fraction of sp³-hybridized carbons (Fsp3) is 0.294. The van der Waals surface area contributed by atoms with E-state index in [-0.39, 0.29) is 0 Å². The number of hydrogen-bond acceptors (Lipinski definition) is 2. The van der Waals surface area contributed by atoms with Crippen LogP contribution in [0.5, 0.6) is 5.75 Å². The summed E-state index contributed by atoms with van der Waals surface area (Å²) in [7, 11) is 0. The van der Waals surface area contributed by atoms with E-state index in [4.69, 9.17) is 4.74 Å². The lowest BCUT2D eigenvalue weighted by molar-refractivity contribution is 0.357. The Balaban J connectivity index is 1.60. The molecule has 1 aliphatic rings. The second kappa shape index (κ2) is 5.88. The fourth-order valence-corrected chi connectivity index (χ4v) is 3.04. The Morgan fingerprint density at radius 2 is 2.10 bits per heavy atom. The number of aryl methyl sites for hydroxylation is 1. The van der Waals surface area contributed by atoms with Crippen molar-refractivity contribution in [1.82, 2.24) is 0 Å². The van der Waals surface area contributed by atoms with Crippen LogP contribution in [0.4, 0.5) is 5.69 Å². The summed E-state index contributed by atoms with van der Waals surface area (Å²) < 4.78 is 6.66. The maximum atomic E-state index is 5.53. The molecule has 1 aliphatic heterocycles. The number of hydrogen-bond donors (Lipinski definition) is 1. The minimum Gasteiger partial charge on any atom is -0.493 e. The highest BCUT2D eigenvalue weighted by atomic mass is 79.9. The second-order valence-electron chi connectivity index (χ2n) is 5.18. The summed E-state index contributed by atoms with van der Waals surface area (Å²) >= 11 is 3.49. The summed E-state index contributed by atoms with van der Waals surface area (Å²) in [5, 5.41) is 3.50. The molecular formula is C17H18BrNO. The maximum absolute atomic E-state index is 5.53. The summed E-state index contributed by atoms with van der Waals surface area (Å²) in [6, 6.07) is 12.9. The van der Waals surface area contributed by atoms with Crippen molar-refractivity contribution < 1.29 is 4.74 Å². The number of anilines is 1. The predicted octanol–water partition coefficient (Wildman–Crippen LogP) is 4.35. The molecule has 0 amide bonds. The first-order chi connectivity index (χ1) is 9.72. The van der Waals surface area contributed by atoms with E-state index >= 15 is 0 Å². The number of nitrogens with one attached hydrogen (secondary N) is 1. The monoisotopic (exact) mass is 331 g/mol. The molecule has 3 heteroatoms. The van der Waals surface area contributed by atoms with Gasteiger partial charge in [0, 0.05) is 23.1 Å². The standard InChI is InChI=1S/C17H18BrNO/c1-12-10-15(18)3-4-16(12)19-8-6-13-2-5-17-14(11-13)7-9-20-17/h2-5,10-11,19H,6-9H2,1H3. The fourth-order valence-electron chi connectivity index (χ4n) is 2.56. The van der Waals surface area contributed by atoms with Gasteiger partial charge in [-0.25, -0.2) is 0 Å². The Morgan fingerprint density at radius 1 is 1.20 bits per heavy atom. The Morgan fingerprint density at radius 3 is 2.95 bits per heavy atom. The summed E-state index contributed by atoms with van der Waals surface area (Å²) in [4.78, 5) is 0. The molecule has 104 valence electrons. The number of ether oxygens (including phenoxy) is 1. The van der Waals surface area contributed by atoms with E-state index in [2.05, 4.69) is 64.6 Å². The van der Waals surface area contributed by atoms with E-state index in [0.29, 0.717) is 0 Å². The lowest BCUT2D eigenvalue weighted by Gasteiger charge is -2.10. The highest BCUT2D eigenvalue weighted by Gasteiger charge is 2.11. The van der Waals surface area contributed by atoms with Crippen molar-refractivity contribution in [1.29, 1.82) is 0 Å². The van der Waals surface area contributed by atoms with Crippen molar-refractivity contribution in [3.05, 3.63) is 57.6 Å². The third-order valence-electron chi connectivity index (χ3n) is 3.67. The van der Waals surface area contributed by atoms with Gasteiger partial charge in [-0.15, -0.1) is 0 Å². The smallest absolute Gasteiger partial charge is 0.122 e. The van der Waals surface area contributed by atoms with Crippen molar-refractivity contribution in [2.45, 2.75) is 19.8 Å². The van der Waals surface area contributed by atoms with Crippen LogP contribution in [0.2, 0.25) is 0 Å². The molecule has 0 bridgehead atoms. The Hall–Kier alpha value is -1.48. The third-order valence-corrected chi connectivity index (χ3v) is 4.16. The van der Waals surface area contributed by atoms with Crippen LogP contribution in [0.1, 0.15) is 16.7 Å². The molecule has 0 saturated carbocycles. The molecule has 0 aromatic heterocycles. The quantitative estimate of drug-likeness (QED) is 0.899. The molecule has 2 aromatic rings. The molecule has 20 heavy (non-hydrogen) atoms. The van der Waals surface area contributed by atoms with Crippen molar-refractivity contribution >= 4 is 21.6 Å². The normalized spacial score (nSPS) is 12.9. The molecule has 0 saturated heterocycles. The van der Waals surface area contributed by atoms with Gasteiger partial charge in [0.25, 0.3) is 0 Å². The first-order valence-electron chi connectivity index (χ1n) is 6.97. The lowest BCUT2D eigenvalue weighted by atomic mass is 10.1. The van der Waals surface area contributed by atoms with Gasteiger partial charge >= 0.3 is 0 Å². The van der Waals surface area contributed by atoms with Crippen molar-refractivity contribution in [3.8, 4) is 5.75 Å². The zero-order chi connectivity index (χ0) is 13.9. The molecule has 0 unspecified atom stereocenters. The van der Waals surface area contributed by atoms with Crippen LogP contribution in [-0.2, 0) is 12.8 Å². The van der Waals surface area contributed by atoms with Gasteiger partial charge in [0.2, 0.25) is 0 Å². The van der Waals surface area contributed by atoms with Crippen molar-refractivity contribution in [2.75, 3.05) is 18.5 Å². The first kappa shape index (κ1) is 13.5. The maximum Gasteiger partial charge on any atom is 0.122 e. The van der Waals surface area contributed by atoms with E-state index in [1.54, 1.807) is 0 Å². The van der Waals surface area contributed by atoms with Gasteiger partial charge in [-0.3, -0.25) is 0 Å². The minimum absolute atomic E-state index is 0.828. The van der Waals surface area contributed by atoms with Gasteiger partial charge in [0.15, 0.2) is 0 Å². The summed E-state index contributed by atoms with van der Waals surface area (Å²) in [6.45, 7) is 3.90. The summed E-state index contributed by atoms with van der Waals surface area (Å²) in [6.07, 6.45) is 2.07. The molecule has 2 aromatic carbocycles. The van der Waals surface area contributed by atoms with Gasteiger partial charge in [-0.1, -0.05) is 28.1 Å². The Kier molecular flexibility index (Phi) is 3.97. The van der Waals surface area contributed by atoms with E-state index in [0.717, 1.165) is 36.2 Å². The lowest BCUT2D eigenvalue weighted by Crippen LogP contribution is -2.06. The molecular weight excluding hydrogens is 314 g/mol.